The van der Waals surface area contributed by atoms with Gasteiger partial charge in [-0.2, -0.15) is 0 Å². The Labute approximate surface area is 367 Å². The van der Waals surface area contributed by atoms with Crippen LogP contribution in [0.5, 0.6) is 0 Å². The first-order valence-corrected chi connectivity index (χ1v) is 22.2. The second-order valence-electron chi connectivity index (χ2n) is 17.7. The molecule has 62 heavy (non-hydrogen) atoms. The Hall–Kier alpha value is -6.83. The summed E-state index contributed by atoms with van der Waals surface area (Å²) in [4.78, 5) is 14.2. The number of rotatable bonds is 11. The number of allylic oxidation sites excluding steroid dienone is 12. The number of fused-ring (bicyclic) bond motifs is 2. The number of carbonyl (C=O) groups excluding carboxylic acids is 1. The van der Waals surface area contributed by atoms with Crippen LogP contribution in [0.2, 0.25) is 0 Å². The molecule has 0 spiro atoms. The lowest BCUT2D eigenvalue weighted by Crippen LogP contribution is -2.34. The molecule has 3 aliphatic carbocycles. The summed E-state index contributed by atoms with van der Waals surface area (Å²) in [6.45, 7) is 8.89. The Morgan fingerprint density at radius 1 is 0.629 bits per heavy atom. The van der Waals surface area contributed by atoms with E-state index in [0.29, 0.717) is 6.42 Å². The third kappa shape index (κ3) is 8.41. The Morgan fingerprint density at radius 3 is 2.02 bits per heavy atom. The van der Waals surface area contributed by atoms with Crippen LogP contribution in [0.1, 0.15) is 79.1 Å². The maximum Gasteiger partial charge on any atom is 0.166 e. The minimum Gasteiger partial charge on any atom is -0.294 e. The Kier molecular flexibility index (Phi) is 11.3. The fraction of sp³-hybridized carbons (Fsp3) is 0.164. The van der Waals surface area contributed by atoms with Crippen molar-refractivity contribution < 1.29 is 4.79 Å². The second-order valence-corrected chi connectivity index (χ2v) is 17.7. The van der Waals surface area contributed by atoms with Gasteiger partial charge in [0, 0.05) is 22.8 Å². The summed E-state index contributed by atoms with van der Waals surface area (Å²) in [6.07, 6.45) is 28.0. The molecule has 2 unspecified atom stereocenters. The van der Waals surface area contributed by atoms with Gasteiger partial charge in [-0.25, -0.2) is 0 Å². The van der Waals surface area contributed by atoms with Gasteiger partial charge >= 0.3 is 0 Å². The average Bonchev–Trinajstić information content (AvgIpc) is 3.31. The van der Waals surface area contributed by atoms with E-state index in [1.54, 1.807) is 0 Å². The highest BCUT2D eigenvalue weighted by molar-refractivity contribution is 6.00. The molecular weight excluding hydrogens is 749 g/mol. The molecule has 3 aliphatic rings. The van der Waals surface area contributed by atoms with Gasteiger partial charge in [-0.15, -0.1) is 0 Å². The smallest absolute Gasteiger partial charge is 0.166 e. The molecular formula is C61H54O. The number of hydrogen-bond donors (Lipinski definition) is 0. The van der Waals surface area contributed by atoms with E-state index in [4.69, 9.17) is 0 Å². The van der Waals surface area contributed by atoms with Crippen LogP contribution in [0.4, 0.5) is 0 Å². The molecule has 0 N–H and O–H groups in total. The van der Waals surface area contributed by atoms with E-state index >= 15 is 0 Å². The van der Waals surface area contributed by atoms with E-state index in [1.807, 2.05) is 6.92 Å². The number of Topliss-reactive ketones (excluding diaryl/α,β-unsaturated/α-hetero) is 1. The quantitative estimate of drug-likeness (QED) is 0.0942. The van der Waals surface area contributed by atoms with Crippen molar-refractivity contribution in [1.29, 1.82) is 0 Å². The van der Waals surface area contributed by atoms with Crippen molar-refractivity contribution in [2.45, 2.75) is 58.8 Å². The van der Waals surface area contributed by atoms with E-state index in [0.717, 1.165) is 52.7 Å². The Balaban J connectivity index is 1.03. The standard InChI is InChI=1S/C61H54O/c1-5-17-44(51-34-52(45-18-8-6-9-19-45)36-53(35-51)49-30-32-60(3)31-15-14-25-56(60)38-49)24-16-26-59(62)58-41-48(28-27-43(58)2)55-37-54(46-20-10-7-11-21-46)39-57(40-55)61(4)33-29-47-22-12-13-23-50(47)42-61/h6-25,27-31,34-42H,5,26,32-33H2,1-4H3/b24-16-,44-17+. The molecule has 0 radical (unpaired) electrons. The number of benzene rings is 6. The summed E-state index contributed by atoms with van der Waals surface area (Å²) >= 11 is 0. The molecule has 0 amide bonds. The predicted molar refractivity (Wildman–Crippen MR) is 264 cm³/mol. The van der Waals surface area contributed by atoms with E-state index in [-0.39, 0.29) is 16.6 Å². The third-order valence-electron chi connectivity index (χ3n) is 13.1. The zero-order valence-electron chi connectivity index (χ0n) is 36.4. The molecule has 6 aromatic rings. The van der Waals surface area contributed by atoms with Crippen molar-refractivity contribution in [3.8, 4) is 33.4 Å². The molecule has 0 bridgehead atoms. The fourth-order valence-corrected chi connectivity index (χ4v) is 9.30. The molecule has 6 aromatic carbocycles. The molecule has 0 fully saturated rings. The van der Waals surface area contributed by atoms with Crippen LogP contribution in [0.3, 0.4) is 0 Å². The number of aryl methyl sites for hydroxylation is 1. The highest BCUT2D eigenvalue weighted by atomic mass is 16.1. The van der Waals surface area contributed by atoms with Crippen molar-refractivity contribution in [3.63, 3.8) is 0 Å². The second kappa shape index (κ2) is 17.3. The average molecular weight is 803 g/mol. The number of hydrogen-bond acceptors (Lipinski definition) is 1. The van der Waals surface area contributed by atoms with Crippen molar-refractivity contribution >= 4 is 29.1 Å². The molecule has 1 heteroatoms. The minimum absolute atomic E-state index is 0.0338. The van der Waals surface area contributed by atoms with Crippen LogP contribution in [-0.2, 0) is 5.41 Å². The van der Waals surface area contributed by atoms with Crippen molar-refractivity contribution in [3.05, 3.63) is 238 Å². The summed E-state index contributed by atoms with van der Waals surface area (Å²) in [6, 6.07) is 50.2. The van der Waals surface area contributed by atoms with Crippen LogP contribution in [-0.4, -0.2) is 5.78 Å². The fourth-order valence-electron chi connectivity index (χ4n) is 9.30. The lowest BCUT2D eigenvalue weighted by molar-refractivity contribution is 0.0995. The molecule has 9 rings (SSSR count). The molecule has 0 aliphatic heterocycles. The van der Waals surface area contributed by atoms with E-state index in [2.05, 4.69) is 227 Å². The molecule has 2 atom stereocenters. The zero-order chi connectivity index (χ0) is 42.7. The van der Waals surface area contributed by atoms with Crippen LogP contribution in [0.15, 0.2) is 200 Å². The topological polar surface area (TPSA) is 17.1 Å². The molecule has 0 saturated heterocycles. The zero-order valence-corrected chi connectivity index (χ0v) is 36.4. The van der Waals surface area contributed by atoms with E-state index < -0.39 is 0 Å². The summed E-state index contributed by atoms with van der Waals surface area (Å²) < 4.78 is 0. The molecule has 0 heterocycles. The van der Waals surface area contributed by atoms with E-state index in [1.165, 1.54) is 55.0 Å². The van der Waals surface area contributed by atoms with Gasteiger partial charge in [0.15, 0.2) is 5.78 Å². The van der Waals surface area contributed by atoms with Gasteiger partial charge in [-0.1, -0.05) is 197 Å². The first-order valence-electron chi connectivity index (χ1n) is 22.2. The lowest BCUT2D eigenvalue weighted by atomic mass is 9.72. The van der Waals surface area contributed by atoms with Crippen molar-refractivity contribution in [2.24, 2.45) is 5.41 Å². The van der Waals surface area contributed by atoms with Crippen LogP contribution in [0, 0.1) is 12.3 Å². The third-order valence-corrected chi connectivity index (χ3v) is 13.1. The van der Waals surface area contributed by atoms with Crippen LogP contribution in [0.25, 0.3) is 56.7 Å². The monoisotopic (exact) mass is 802 g/mol. The first kappa shape index (κ1) is 40.6. The highest BCUT2D eigenvalue weighted by Crippen LogP contribution is 2.43. The maximum absolute atomic E-state index is 14.2. The largest absolute Gasteiger partial charge is 0.294 e. The van der Waals surface area contributed by atoms with E-state index in [9.17, 15) is 4.79 Å². The maximum atomic E-state index is 14.2. The van der Waals surface area contributed by atoms with Crippen molar-refractivity contribution in [2.75, 3.05) is 0 Å². The molecule has 1 nitrogen and oxygen atoms in total. The van der Waals surface area contributed by atoms with Gasteiger partial charge in [-0.05, 0) is 139 Å². The van der Waals surface area contributed by atoms with Gasteiger partial charge in [-0.3, -0.25) is 4.79 Å². The Bertz CT molecular complexity index is 3000. The Morgan fingerprint density at radius 2 is 1.27 bits per heavy atom. The number of ketones is 1. The first-order chi connectivity index (χ1) is 30.2. The molecule has 0 aromatic heterocycles. The summed E-state index contributed by atoms with van der Waals surface area (Å²) in [5.41, 5.74) is 15.8. The highest BCUT2D eigenvalue weighted by Gasteiger charge is 2.29. The number of carbonyl (C=O) groups is 1. The predicted octanol–water partition coefficient (Wildman–Crippen LogP) is 14.4. The summed E-state index contributed by atoms with van der Waals surface area (Å²) in [5.74, 6) is 0.116. The van der Waals surface area contributed by atoms with Gasteiger partial charge in [0.05, 0.1) is 0 Å². The van der Waals surface area contributed by atoms with Gasteiger partial charge in [0.25, 0.3) is 0 Å². The van der Waals surface area contributed by atoms with Crippen molar-refractivity contribution in [1.82, 2.24) is 0 Å². The van der Waals surface area contributed by atoms with Crippen LogP contribution < -0.4 is 10.4 Å². The van der Waals surface area contributed by atoms with Gasteiger partial charge < -0.3 is 0 Å². The van der Waals surface area contributed by atoms with Crippen LogP contribution >= 0.6 is 0 Å². The van der Waals surface area contributed by atoms with Gasteiger partial charge in [0.1, 0.15) is 0 Å². The van der Waals surface area contributed by atoms with Gasteiger partial charge in [0.2, 0.25) is 0 Å². The molecule has 0 saturated carbocycles. The molecule has 304 valence electrons. The normalized spacial score (nSPS) is 19.2. The lowest BCUT2D eigenvalue weighted by Gasteiger charge is -2.32. The minimum atomic E-state index is -0.177. The summed E-state index contributed by atoms with van der Waals surface area (Å²) in [5, 5.41) is 2.56. The summed E-state index contributed by atoms with van der Waals surface area (Å²) in [7, 11) is 0. The SMILES string of the molecule is CC/C=C(\C=C/CC(=O)c1cc(-c2cc(-c3ccccc3)cc(C3(C)C=c4ccccc4=CC3)c2)ccc1C)c1cc(C2=CCC3(C)C=CC=CC3=C2)cc(-c2ccccc2)c1.